The lowest BCUT2D eigenvalue weighted by molar-refractivity contribution is -0.123. The Balaban J connectivity index is 1.36. The average molecular weight is 521 g/mol. The third kappa shape index (κ3) is 4.56. The number of anilines is 2. The van der Waals surface area contributed by atoms with E-state index < -0.39 is 5.41 Å². The molecule has 2 aliphatic rings. The lowest BCUT2D eigenvalue weighted by Gasteiger charge is -2.22. The van der Waals surface area contributed by atoms with Crippen molar-refractivity contribution in [3.05, 3.63) is 67.6 Å². The van der Waals surface area contributed by atoms with E-state index >= 15 is 0 Å². The first-order chi connectivity index (χ1) is 19.0. The first kappa shape index (κ1) is 24.6. The molecule has 0 radical (unpaired) electrons. The van der Waals surface area contributed by atoms with Crippen LogP contribution in [0.4, 0.5) is 11.4 Å². The van der Waals surface area contributed by atoms with Gasteiger partial charge >= 0.3 is 0 Å². The van der Waals surface area contributed by atoms with Gasteiger partial charge in [0.05, 0.1) is 36.5 Å². The fourth-order valence-corrected chi connectivity index (χ4v) is 5.48. The maximum Gasteiger partial charge on any atom is 0.247 e. The van der Waals surface area contributed by atoms with Crippen molar-refractivity contribution in [1.29, 1.82) is 5.26 Å². The smallest absolute Gasteiger partial charge is 0.247 e. The zero-order valence-electron chi connectivity index (χ0n) is 21.6. The van der Waals surface area contributed by atoms with Crippen LogP contribution in [0.3, 0.4) is 0 Å². The Morgan fingerprint density at radius 1 is 1.23 bits per heavy atom. The molecular weight excluding hydrogens is 492 g/mol. The summed E-state index contributed by atoms with van der Waals surface area (Å²) in [6.07, 6.45) is 13.3. The summed E-state index contributed by atoms with van der Waals surface area (Å²) >= 11 is 0. The Morgan fingerprint density at radius 2 is 2.10 bits per heavy atom. The van der Waals surface area contributed by atoms with Crippen molar-refractivity contribution in [3.63, 3.8) is 0 Å². The van der Waals surface area contributed by atoms with Gasteiger partial charge in [-0.1, -0.05) is 12.1 Å². The van der Waals surface area contributed by atoms with Crippen LogP contribution in [0.15, 0.2) is 67.6 Å². The maximum absolute atomic E-state index is 13.4. The molecule has 1 aliphatic heterocycles. The highest BCUT2D eigenvalue weighted by molar-refractivity contribution is 6.03. The minimum atomic E-state index is -0.923. The van der Waals surface area contributed by atoms with Gasteiger partial charge in [0.15, 0.2) is 0 Å². The highest BCUT2D eigenvalue weighted by Gasteiger charge is 2.56. The molecule has 0 unspecified atom stereocenters. The van der Waals surface area contributed by atoms with Gasteiger partial charge in [0.1, 0.15) is 5.41 Å². The van der Waals surface area contributed by atoms with E-state index in [0.717, 1.165) is 36.1 Å². The van der Waals surface area contributed by atoms with Gasteiger partial charge in [0, 0.05) is 61.6 Å². The van der Waals surface area contributed by atoms with E-state index in [0.29, 0.717) is 36.6 Å². The van der Waals surface area contributed by atoms with Crippen LogP contribution < -0.4 is 10.2 Å². The van der Waals surface area contributed by atoms with Gasteiger partial charge in [-0.3, -0.25) is 19.3 Å². The Bertz CT molecular complexity index is 1580. The molecule has 1 aliphatic carbocycles. The molecule has 0 spiro atoms. The molecular formula is C29H28N8O2. The van der Waals surface area contributed by atoms with Crippen molar-refractivity contribution in [2.75, 3.05) is 16.8 Å². The van der Waals surface area contributed by atoms with E-state index in [2.05, 4.69) is 26.5 Å². The number of hydrogen-bond donors (Lipinski definition) is 1. The number of amides is 2. The topological polar surface area (TPSA) is 122 Å². The molecule has 10 heteroatoms. The molecule has 1 N–H and O–H groups in total. The van der Waals surface area contributed by atoms with E-state index in [1.54, 1.807) is 35.9 Å². The van der Waals surface area contributed by atoms with Crippen LogP contribution >= 0.6 is 0 Å². The largest absolute Gasteiger partial charge is 0.336 e. The molecule has 1 saturated carbocycles. The second kappa shape index (κ2) is 9.83. The number of imidazole rings is 1. The highest BCUT2D eigenvalue weighted by Crippen LogP contribution is 2.52. The summed E-state index contributed by atoms with van der Waals surface area (Å²) in [4.78, 5) is 36.0. The summed E-state index contributed by atoms with van der Waals surface area (Å²) in [6, 6.07) is 11.7. The van der Waals surface area contributed by atoms with Gasteiger partial charge in [-0.05, 0) is 48.9 Å². The van der Waals surface area contributed by atoms with Crippen LogP contribution in [0, 0.1) is 22.7 Å². The van der Waals surface area contributed by atoms with E-state index in [1.807, 2.05) is 45.9 Å². The number of nitrogens with zero attached hydrogens (tertiary/aromatic N) is 7. The number of aryl methyl sites for hydroxylation is 2. The van der Waals surface area contributed by atoms with E-state index in [4.69, 9.17) is 0 Å². The van der Waals surface area contributed by atoms with E-state index in [1.165, 1.54) is 6.92 Å². The number of carbonyl (C=O) groups excluding carboxylic acids is 2. The lowest BCUT2D eigenvalue weighted by Crippen LogP contribution is -2.35. The number of aromatic nitrogens is 5. The molecule has 39 heavy (non-hydrogen) atoms. The number of nitrogens with one attached hydrogen (secondary N) is 1. The number of carbonyl (C=O) groups is 2. The van der Waals surface area contributed by atoms with Gasteiger partial charge < -0.3 is 14.8 Å². The molecule has 6 rings (SSSR count). The molecule has 196 valence electrons. The molecule has 0 bridgehead atoms. The SMILES string of the molecule is CC(=O)Nc1cccc(-c2cnn(CCn3ccnc3)c2)c1-c1cc(N2CC[C@@](C#N)(C3CC3)C2=O)ccn1. The van der Waals surface area contributed by atoms with Crippen LogP contribution in [0.5, 0.6) is 0 Å². The molecule has 1 saturated heterocycles. The van der Waals surface area contributed by atoms with Crippen LogP contribution in [-0.2, 0) is 22.7 Å². The van der Waals surface area contributed by atoms with Crippen molar-refractivity contribution in [3.8, 4) is 28.5 Å². The minimum absolute atomic E-state index is 0.126. The molecule has 2 fully saturated rings. The lowest BCUT2D eigenvalue weighted by atomic mass is 9.83. The number of rotatable bonds is 8. The summed E-state index contributed by atoms with van der Waals surface area (Å²) in [7, 11) is 0. The summed E-state index contributed by atoms with van der Waals surface area (Å²) in [5.41, 5.74) is 3.49. The zero-order valence-corrected chi connectivity index (χ0v) is 21.6. The molecule has 1 aromatic carbocycles. The Labute approximate surface area is 225 Å². The Morgan fingerprint density at radius 3 is 2.85 bits per heavy atom. The standard InChI is InChI=1S/C29H28N8O2/c1-20(38)34-25-4-2-3-24(21-16-33-36(17-21)14-13-35-12-10-31-19-35)27(25)26-15-23(7-9-32-26)37-11-8-29(18-30,28(37)39)22-5-6-22/h2-4,7,9-10,12,15-17,19,22H,5-6,8,11,13-14H2,1H3,(H,34,38)/t29-/m1/s1. The predicted octanol–water partition coefficient (Wildman–Crippen LogP) is 4.12. The van der Waals surface area contributed by atoms with E-state index in [9.17, 15) is 14.9 Å². The number of nitriles is 1. The van der Waals surface area contributed by atoms with Gasteiger partial charge in [-0.15, -0.1) is 0 Å². The minimum Gasteiger partial charge on any atom is -0.336 e. The van der Waals surface area contributed by atoms with Crippen LogP contribution in [-0.4, -0.2) is 42.7 Å². The van der Waals surface area contributed by atoms with Crippen molar-refractivity contribution in [2.45, 2.75) is 39.3 Å². The van der Waals surface area contributed by atoms with Crippen molar-refractivity contribution >= 4 is 23.2 Å². The second-order valence-corrected chi connectivity index (χ2v) is 10.2. The molecule has 10 nitrogen and oxygen atoms in total. The summed E-state index contributed by atoms with van der Waals surface area (Å²) in [6.45, 7) is 3.37. The third-order valence-electron chi connectivity index (χ3n) is 7.61. The van der Waals surface area contributed by atoms with Crippen molar-refractivity contribution in [2.24, 2.45) is 11.3 Å². The first-order valence-corrected chi connectivity index (χ1v) is 13.1. The van der Waals surface area contributed by atoms with Crippen molar-refractivity contribution in [1.82, 2.24) is 24.3 Å². The summed E-state index contributed by atoms with van der Waals surface area (Å²) in [5.74, 6) is -0.170. The van der Waals surface area contributed by atoms with Crippen LogP contribution in [0.25, 0.3) is 22.4 Å². The Kier molecular flexibility index (Phi) is 6.19. The fraction of sp³-hybridized carbons (Fsp3) is 0.310. The first-order valence-electron chi connectivity index (χ1n) is 13.1. The molecule has 1 atom stereocenters. The van der Waals surface area contributed by atoms with Crippen molar-refractivity contribution < 1.29 is 9.59 Å². The van der Waals surface area contributed by atoms with Gasteiger partial charge in [-0.25, -0.2) is 4.98 Å². The maximum atomic E-state index is 13.4. The zero-order chi connectivity index (χ0) is 27.0. The third-order valence-corrected chi connectivity index (χ3v) is 7.61. The monoisotopic (exact) mass is 520 g/mol. The Hall–Kier alpha value is -4.78. The number of hydrogen-bond acceptors (Lipinski definition) is 6. The summed E-state index contributed by atoms with van der Waals surface area (Å²) in [5, 5.41) is 17.4. The second-order valence-electron chi connectivity index (χ2n) is 10.2. The number of benzene rings is 1. The fourth-order valence-electron chi connectivity index (χ4n) is 5.48. The van der Waals surface area contributed by atoms with Crippen LogP contribution in [0.1, 0.15) is 26.2 Å². The molecule has 4 heterocycles. The average Bonchev–Trinajstić information content (AvgIpc) is 3.33. The summed E-state index contributed by atoms with van der Waals surface area (Å²) < 4.78 is 3.86. The van der Waals surface area contributed by atoms with Crippen LogP contribution in [0.2, 0.25) is 0 Å². The van der Waals surface area contributed by atoms with E-state index in [-0.39, 0.29) is 17.7 Å². The van der Waals surface area contributed by atoms with Gasteiger partial charge in [0.25, 0.3) is 0 Å². The number of pyridine rings is 1. The quantitative estimate of drug-likeness (QED) is 0.373. The molecule has 3 aromatic heterocycles. The molecule has 2 amide bonds. The predicted molar refractivity (Wildman–Crippen MR) is 145 cm³/mol. The van der Waals surface area contributed by atoms with Gasteiger partial charge in [-0.2, -0.15) is 10.4 Å². The normalized spacial score (nSPS) is 18.8. The van der Waals surface area contributed by atoms with Gasteiger partial charge in [0.2, 0.25) is 11.8 Å². The molecule has 4 aromatic rings. The highest BCUT2D eigenvalue weighted by atomic mass is 16.2.